The van der Waals surface area contributed by atoms with Crippen molar-refractivity contribution in [1.29, 1.82) is 0 Å². The maximum Gasteiger partial charge on any atom is 0.387 e. The van der Waals surface area contributed by atoms with Crippen LogP contribution in [0.3, 0.4) is 0 Å². The molecule has 2 aromatic heterocycles. The number of nitrogens with one attached hydrogen (secondary N) is 1. The molecule has 0 spiro atoms. The Bertz CT molecular complexity index is 955. The second kappa shape index (κ2) is 9.45. The van der Waals surface area contributed by atoms with Crippen molar-refractivity contribution in [3.63, 3.8) is 0 Å². The van der Waals surface area contributed by atoms with Crippen molar-refractivity contribution >= 4 is 51.4 Å². The van der Waals surface area contributed by atoms with E-state index in [0.717, 1.165) is 0 Å². The van der Waals surface area contributed by atoms with Crippen LogP contribution in [-0.4, -0.2) is 69.5 Å². The minimum atomic E-state index is -2.92. The van der Waals surface area contributed by atoms with Crippen molar-refractivity contribution in [2.24, 2.45) is 0 Å². The average molecular weight is 406 g/mol. The number of fused-ring (bicyclic) bond motifs is 1. The third kappa shape index (κ3) is 4.95. The summed E-state index contributed by atoms with van der Waals surface area (Å²) in [5, 5.41) is 0.195. The van der Waals surface area contributed by atoms with Gasteiger partial charge in [0.15, 0.2) is 16.7 Å². The first-order valence-electron chi connectivity index (χ1n) is 7.40. The standard InChI is InChI=1S/C16H15F2N3O4S.Na/c1-23-13-5-6-19-12(14(13)24-2)8-26(22)16-20-10-4-3-9(25-15(17)18)7-11(10)21-16;/h3-7,15H,8H2,1-2H3,(H,20,21);/t26-;/m0./s1. The number of rotatable bonds is 7. The van der Waals surface area contributed by atoms with Crippen LogP contribution < -0.4 is 14.2 Å². The van der Waals surface area contributed by atoms with E-state index in [1.165, 1.54) is 38.6 Å². The topological polar surface area (TPSA) is 86.3 Å². The van der Waals surface area contributed by atoms with Crippen LogP contribution in [0.25, 0.3) is 11.0 Å². The molecule has 0 aliphatic carbocycles. The van der Waals surface area contributed by atoms with Gasteiger partial charge < -0.3 is 19.2 Å². The number of alkyl halides is 2. The quantitative estimate of drug-likeness (QED) is 0.607. The average Bonchev–Trinajstić information content (AvgIpc) is 3.04. The van der Waals surface area contributed by atoms with Crippen molar-refractivity contribution in [1.82, 2.24) is 15.0 Å². The van der Waals surface area contributed by atoms with Crippen LogP contribution in [0.4, 0.5) is 8.78 Å². The molecule has 0 unspecified atom stereocenters. The molecule has 0 bridgehead atoms. The molecule has 27 heavy (non-hydrogen) atoms. The van der Waals surface area contributed by atoms with Crippen molar-refractivity contribution in [2.45, 2.75) is 17.5 Å². The number of benzene rings is 1. The summed E-state index contributed by atoms with van der Waals surface area (Å²) >= 11 is 0. The number of methoxy groups -OCH3 is 2. The van der Waals surface area contributed by atoms with Gasteiger partial charge in [0.05, 0.1) is 47.5 Å². The van der Waals surface area contributed by atoms with Gasteiger partial charge >= 0.3 is 6.61 Å². The van der Waals surface area contributed by atoms with Crippen LogP contribution in [0.15, 0.2) is 35.6 Å². The Balaban J connectivity index is 0.00000261. The van der Waals surface area contributed by atoms with Gasteiger partial charge in [-0.05, 0) is 12.1 Å². The molecule has 1 radical (unpaired) electrons. The molecule has 3 rings (SSSR count). The normalized spacial score (nSPS) is 11.9. The van der Waals surface area contributed by atoms with Crippen LogP contribution in [0.5, 0.6) is 17.2 Å². The Kier molecular flexibility index (Phi) is 7.54. The zero-order chi connectivity index (χ0) is 18.7. The summed E-state index contributed by atoms with van der Waals surface area (Å²) in [6.07, 6.45) is 1.53. The molecular formula is C16H15F2N3NaO4S. The van der Waals surface area contributed by atoms with Crippen LogP contribution in [-0.2, 0) is 16.6 Å². The van der Waals surface area contributed by atoms with E-state index in [-0.39, 0.29) is 46.2 Å². The van der Waals surface area contributed by atoms with Gasteiger partial charge in [-0.1, -0.05) is 0 Å². The van der Waals surface area contributed by atoms with Crippen molar-refractivity contribution in [2.75, 3.05) is 14.2 Å². The Hall–Kier alpha value is -1.75. The summed E-state index contributed by atoms with van der Waals surface area (Å²) in [5.41, 5.74) is 1.38. The Morgan fingerprint density at radius 1 is 1.22 bits per heavy atom. The largest absolute Gasteiger partial charge is 0.493 e. The molecule has 7 nitrogen and oxygen atoms in total. The van der Waals surface area contributed by atoms with E-state index in [0.29, 0.717) is 28.2 Å². The molecule has 1 aromatic carbocycles. The molecule has 0 saturated heterocycles. The molecule has 0 saturated carbocycles. The second-order valence-electron chi connectivity index (χ2n) is 5.08. The molecule has 0 fully saturated rings. The number of pyridine rings is 1. The van der Waals surface area contributed by atoms with E-state index >= 15 is 0 Å². The number of imidazole rings is 1. The van der Waals surface area contributed by atoms with E-state index < -0.39 is 17.4 Å². The molecule has 1 N–H and O–H groups in total. The van der Waals surface area contributed by atoms with Crippen molar-refractivity contribution < 1.29 is 27.2 Å². The first-order valence-corrected chi connectivity index (χ1v) is 8.72. The van der Waals surface area contributed by atoms with Gasteiger partial charge in [0.2, 0.25) is 0 Å². The Morgan fingerprint density at radius 2 is 2.00 bits per heavy atom. The summed E-state index contributed by atoms with van der Waals surface area (Å²) in [7, 11) is 1.41. The molecule has 0 amide bonds. The molecule has 3 aromatic rings. The molecule has 11 heteroatoms. The molecular weight excluding hydrogens is 391 g/mol. The number of halogens is 2. The second-order valence-corrected chi connectivity index (χ2v) is 6.45. The number of nitrogens with zero attached hydrogens (tertiary/aromatic N) is 2. The summed E-state index contributed by atoms with van der Waals surface area (Å²) in [6.45, 7) is -2.92. The smallest absolute Gasteiger partial charge is 0.387 e. The van der Waals surface area contributed by atoms with Gasteiger partial charge in [-0.2, -0.15) is 8.78 Å². The van der Waals surface area contributed by atoms with Gasteiger partial charge in [0.25, 0.3) is 0 Å². The third-order valence-corrected chi connectivity index (χ3v) is 4.67. The number of ether oxygens (including phenoxy) is 3. The molecule has 139 valence electrons. The van der Waals surface area contributed by atoms with Gasteiger partial charge in [0.1, 0.15) is 5.75 Å². The van der Waals surface area contributed by atoms with Gasteiger partial charge in [-0.25, -0.2) is 4.98 Å². The summed E-state index contributed by atoms with van der Waals surface area (Å²) in [6, 6.07) is 5.89. The maximum atomic E-state index is 12.6. The number of hydrogen-bond acceptors (Lipinski definition) is 6. The van der Waals surface area contributed by atoms with Gasteiger partial charge in [0, 0.05) is 47.9 Å². The van der Waals surface area contributed by atoms with Crippen LogP contribution >= 0.6 is 0 Å². The Labute approximate surface area is 178 Å². The SMILES string of the molecule is COc1ccnc(C[S@](=O)c2nc3ccc(OC(F)F)cc3[nH]2)c1OC.[Na]. The number of aromatic amines is 1. The minimum absolute atomic E-state index is 0. The fourth-order valence-electron chi connectivity index (χ4n) is 2.40. The first kappa shape index (κ1) is 21.5. The Morgan fingerprint density at radius 3 is 2.67 bits per heavy atom. The van der Waals surface area contributed by atoms with Crippen molar-refractivity contribution in [3.8, 4) is 17.2 Å². The van der Waals surface area contributed by atoms with E-state index in [4.69, 9.17) is 9.47 Å². The molecule has 1 atom stereocenters. The van der Waals surface area contributed by atoms with Gasteiger partial charge in [-0.15, -0.1) is 0 Å². The first-order chi connectivity index (χ1) is 12.5. The third-order valence-electron chi connectivity index (χ3n) is 3.51. The predicted octanol–water partition coefficient (Wildman–Crippen LogP) is 2.50. The van der Waals surface area contributed by atoms with Crippen molar-refractivity contribution in [3.05, 3.63) is 36.2 Å². The molecule has 2 heterocycles. The fourth-order valence-corrected chi connectivity index (χ4v) is 3.41. The van der Waals surface area contributed by atoms with Crippen LogP contribution in [0.1, 0.15) is 5.69 Å². The monoisotopic (exact) mass is 406 g/mol. The minimum Gasteiger partial charge on any atom is -0.493 e. The van der Waals surface area contributed by atoms with E-state index in [1.807, 2.05) is 0 Å². The summed E-state index contributed by atoms with van der Waals surface area (Å²) < 4.78 is 52.1. The number of H-pyrrole nitrogens is 1. The molecule has 0 aliphatic heterocycles. The van der Waals surface area contributed by atoms with E-state index in [9.17, 15) is 13.0 Å². The molecule has 0 aliphatic rings. The van der Waals surface area contributed by atoms with Crippen LogP contribution in [0, 0.1) is 0 Å². The van der Waals surface area contributed by atoms with E-state index in [1.54, 1.807) is 6.07 Å². The maximum absolute atomic E-state index is 12.6. The van der Waals surface area contributed by atoms with Crippen LogP contribution in [0.2, 0.25) is 0 Å². The number of hydrogen-bond donors (Lipinski definition) is 1. The zero-order valence-electron chi connectivity index (χ0n) is 14.9. The summed E-state index contributed by atoms with van der Waals surface area (Å²) in [4.78, 5) is 11.3. The number of aromatic nitrogens is 3. The fraction of sp³-hybridized carbons (Fsp3) is 0.250. The zero-order valence-corrected chi connectivity index (χ0v) is 17.7. The van der Waals surface area contributed by atoms with Gasteiger partial charge in [-0.3, -0.25) is 9.19 Å². The van der Waals surface area contributed by atoms with E-state index in [2.05, 4.69) is 19.7 Å². The summed E-state index contributed by atoms with van der Waals surface area (Å²) in [5.74, 6) is 0.908. The predicted molar refractivity (Wildman–Crippen MR) is 95.9 cm³/mol.